The normalized spacial score (nSPS) is 21.1. The van der Waals surface area contributed by atoms with Crippen LogP contribution in [0.15, 0.2) is 23.2 Å². The van der Waals surface area contributed by atoms with Gasteiger partial charge in [0.15, 0.2) is 17.5 Å². The number of fused-ring (bicyclic) bond motifs is 1. The van der Waals surface area contributed by atoms with E-state index in [4.69, 9.17) is 14.2 Å². The Labute approximate surface area is 178 Å². The predicted molar refractivity (Wildman–Crippen MR) is 116 cm³/mol. The summed E-state index contributed by atoms with van der Waals surface area (Å²) in [5.41, 5.74) is 1.31. The van der Waals surface area contributed by atoms with Crippen LogP contribution in [0.3, 0.4) is 0 Å². The predicted octanol–water partition coefficient (Wildman–Crippen LogP) is 3.05. The van der Waals surface area contributed by atoms with E-state index < -0.39 is 0 Å². The highest BCUT2D eigenvalue weighted by atomic mass is 127. The Morgan fingerprint density at radius 1 is 1.15 bits per heavy atom. The maximum atomic E-state index is 5.64. The molecule has 1 aliphatic carbocycles. The quantitative estimate of drug-likeness (QED) is 0.380. The molecule has 3 aliphatic rings. The van der Waals surface area contributed by atoms with Crippen molar-refractivity contribution < 1.29 is 14.2 Å². The molecular formula is C20H30IN3O3. The van der Waals surface area contributed by atoms with E-state index in [1.165, 1.54) is 24.8 Å². The van der Waals surface area contributed by atoms with E-state index in [0.29, 0.717) is 6.79 Å². The second kappa shape index (κ2) is 9.32. The fourth-order valence-electron chi connectivity index (χ4n) is 3.97. The molecule has 2 N–H and O–H groups in total. The molecule has 0 bridgehead atoms. The minimum Gasteiger partial charge on any atom is -0.454 e. The summed E-state index contributed by atoms with van der Waals surface area (Å²) in [5.74, 6) is 3.38. The molecule has 150 valence electrons. The van der Waals surface area contributed by atoms with E-state index in [2.05, 4.69) is 27.8 Å². The summed E-state index contributed by atoms with van der Waals surface area (Å²) >= 11 is 0. The summed E-state index contributed by atoms with van der Waals surface area (Å²) in [5, 5.41) is 7.05. The lowest BCUT2D eigenvalue weighted by Gasteiger charge is -2.38. The number of hydrogen-bond acceptors (Lipinski definition) is 4. The smallest absolute Gasteiger partial charge is 0.231 e. The van der Waals surface area contributed by atoms with Gasteiger partial charge in [-0.15, -0.1) is 24.0 Å². The van der Waals surface area contributed by atoms with Gasteiger partial charge in [-0.05, 0) is 49.3 Å². The summed E-state index contributed by atoms with van der Waals surface area (Å²) in [6.45, 7) is 3.72. The van der Waals surface area contributed by atoms with E-state index in [9.17, 15) is 0 Å². The van der Waals surface area contributed by atoms with Gasteiger partial charge >= 0.3 is 0 Å². The van der Waals surface area contributed by atoms with Gasteiger partial charge in [-0.1, -0.05) is 12.5 Å². The number of aliphatic imine (C=N–C) groups is 1. The third-order valence-corrected chi connectivity index (χ3v) is 6.04. The van der Waals surface area contributed by atoms with Gasteiger partial charge in [0, 0.05) is 38.8 Å². The average molecular weight is 487 g/mol. The molecule has 0 radical (unpaired) electrons. The number of ether oxygens (including phenoxy) is 3. The standard InChI is InChI=1S/C20H29N3O3.HI/c1-21-19(22-12-15-3-2-4-15)23-13-20(7-9-24-10-8-20)16-5-6-17-18(11-16)26-14-25-17;/h5-6,11,15H,2-4,7-10,12-14H2,1H3,(H2,21,22,23);1H. The van der Waals surface area contributed by atoms with Gasteiger partial charge in [-0.2, -0.15) is 0 Å². The number of rotatable bonds is 5. The van der Waals surface area contributed by atoms with Gasteiger partial charge < -0.3 is 24.8 Å². The van der Waals surface area contributed by atoms with Crippen LogP contribution in [0.2, 0.25) is 0 Å². The van der Waals surface area contributed by atoms with Crippen LogP contribution in [0.5, 0.6) is 11.5 Å². The summed E-state index contributed by atoms with van der Waals surface area (Å²) in [6.07, 6.45) is 6.01. The van der Waals surface area contributed by atoms with E-state index in [1.54, 1.807) is 0 Å². The van der Waals surface area contributed by atoms with Gasteiger partial charge in [0.1, 0.15) is 0 Å². The van der Waals surface area contributed by atoms with Crippen molar-refractivity contribution in [2.24, 2.45) is 10.9 Å². The van der Waals surface area contributed by atoms with Gasteiger partial charge in [-0.25, -0.2) is 0 Å². The number of benzene rings is 1. The van der Waals surface area contributed by atoms with Gasteiger partial charge in [0.2, 0.25) is 6.79 Å². The molecule has 2 heterocycles. The Hall–Kier alpha value is -1.22. The number of guanidine groups is 1. The molecule has 0 amide bonds. The monoisotopic (exact) mass is 487 g/mol. The van der Waals surface area contributed by atoms with Crippen LogP contribution in [0.1, 0.15) is 37.7 Å². The number of hydrogen-bond donors (Lipinski definition) is 2. The Balaban J connectivity index is 0.00000210. The number of nitrogens with one attached hydrogen (secondary N) is 2. The first-order valence-electron chi connectivity index (χ1n) is 9.71. The van der Waals surface area contributed by atoms with Crippen molar-refractivity contribution in [2.75, 3.05) is 40.1 Å². The van der Waals surface area contributed by atoms with E-state index >= 15 is 0 Å². The molecule has 0 spiro atoms. The lowest BCUT2D eigenvalue weighted by molar-refractivity contribution is 0.0513. The highest BCUT2D eigenvalue weighted by Crippen LogP contribution is 2.40. The molecular weight excluding hydrogens is 457 g/mol. The molecule has 1 aromatic rings. The maximum Gasteiger partial charge on any atom is 0.231 e. The third-order valence-electron chi connectivity index (χ3n) is 6.04. The largest absolute Gasteiger partial charge is 0.454 e. The Morgan fingerprint density at radius 2 is 1.93 bits per heavy atom. The summed E-state index contributed by atoms with van der Waals surface area (Å²) in [7, 11) is 1.84. The summed E-state index contributed by atoms with van der Waals surface area (Å²) in [6, 6.07) is 6.34. The van der Waals surface area contributed by atoms with Gasteiger partial charge in [0.05, 0.1) is 0 Å². The minimum atomic E-state index is 0. The lowest BCUT2D eigenvalue weighted by atomic mass is 9.74. The van der Waals surface area contributed by atoms with Gasteiger partial charge in [-0.3, -0.25) is 4.99 Å². The first-order valence-corrected chi connectivity index (χ1v) is 9.71. The number of nitrogens with zero attached hydrogens (tertiary/aromatic N) is 1. The number of halogens is 1. The Morgan fingerprint density at radius 3 is 2.63 bits per heavy atom. The second-order valence-electron chi connectivity index (χ2n) is 7.56. The molecule has 4 rings (SSSR count). The van der Waals surface area contributed by atoms with Crippen molar-refractivity contribution >= 4 is 29.9 Å². The van der Waals surface area contributed by atoms with E-state index in [-0.39, 0.29) is 29.4 Å². The first kappa shape index (κ1) is 20.5. The van der Waals surface area contributed by atoms with Crippen LogP contribution in [-0.4, -0.2) is 46.1 Å². The minimum absolute atomic E-state index is 0. The van der Waals surface area contributed by atoms with Crippen LogP contribution < -0.4 is 20.1 Å². The van der Waals surface area contributed by atoms with E-state index in [1.807, 2.05) is 13.1 Å². The molecule has 1 saturated heterocycles. The fourth-order valence-corrected chi connectivity index (χ4v) is 3.97. The molecule has 7 heteroatoms. The van der Waals surface area contributed by atoms with Crippen molar-refractivity contribution in [3.8, 4) is 11.5 Å². The van der Waals surface area contributed by atoms with Gasteiger partial charge in [0.25, 0.3) is 0 Å². The molecule has 0 atom stereocenters. The third kappa shape index (κ3) is 4.62. The van der Waals surface area contributed by atoms with Crippen molar-refractivity contribution in [3.05, 3.63) is 23.8 Å². The van der Waals surface area contributed by atoms with Crippen LogP contribution in [0.4, 0.5) is 0 Å². The molecule has 27 heavy (non-hydrogen) atoms. The molecule has 1 saturated carbocycles. The molecule has 0 aromatic heterocycles. The molecule has 0 unspecified atom stereocenters. The molecule has 2 fully saturated rings. The zero-order chi connectivity index (χ0) is 17.8. The Kier molecular flexibility index (Phi) is 7.08. The average Bonchev–Trinajstić information content (AvgIpc) is 3.11. The van der Waals surface area contributed by atoms with Crippen molar-refractivity contribution in [2.45, 2.75) is 37.5 Å². The van der Waals surface area contributed by atoms with Crippen LogP contribution >= 0.6 is 24.0 Å². The van der Waals surface area contributed by atoms with Crippen molar-refractivity contribution in [1.82, 2.24) is 10.6 Å². The second-order valence-corrected chi connectivity index (χ2v) is 7.56. The fraction of sp³-hybridized carbons (Fsp3) is 0.650. The topological polar surface area (TPSA) is 64.1 Å². The Bertz CT molecular complexity index is 658. The maximum absolute atomic E-state index is 5.64. The molecule has 2 aliphatic heterocycles. The highest BCUT2D eigenvalue weighted by Gasteiger charge is 2.36. The lowest BCUT2D eigenvalue weighted by Crippen LogP contribution is -2.49. The van der Waals surface area contributed by atoms with Crippen molar-refractivity contribution in [1.29, 1.82) is 0 Å². The zero-order valence-electron chi connectivity index (χ0n) is 16.0. The SMILES string of the molecule is CN=C(NCC1CCC1)NCC1(c2ccc3c(c2)OCO3)CCOCC1.I. The highest BCUT2D eigenvalue weighted by molar-refractivity contribution is 14.0. The first-order chi connectivity index (χ1) is 12.8. The molecule has 1 aromatic carbocycles. The van der Waals surface area contributed by atoms with Crippen molar-refractivity contribution in [3.63, 3.8) is 0 Å². The summed E-state index contributed by atoms with van der Waals surface area (Å²) in [4.78, 5) is 4.40. The zero-order valence-corrected chi connectivity index (χ0v) is 18.3. The summed E-state index contributed by atoms with van der Waals surface area (Å²) < 4.78 is 16.7. The van der Waals surface area contributed by atoms with Crippen LogP contribution in [0, 0.1) is 5.92 Å². The van der Waals surface area contributed by atoms with Crippen LogP contribution in [0.25, 0.3) is 0 Å². The van der Waals surface area contributed by atoms with E-state index in [0.717, 1.165) is 62.5 Å². The van der Waals surface area contributed by atoms with Crippen LogP contribution in [-0.2, 0) is 10.2 Å². The molecule has 6 nitrogen and oxygen atoms in total.